The van der Waals surface area contributed by atoms with Gasteiger partial charge in [-0.1, -0.05) is 0 Å². The summed E-state index contributed by atoms with van der Waals surface area (Å²) in [4.78, 5) is 15.2. The molecule has 1 atom stereocenters. The van der Waals surface area contributed by atoms with Gasteiger partial charge in [0, 0.05) is 12.3 Å². The Hall–Kier alpha value is -1.58. The number of pyridine rings is 1. The van der Waals surface area contributed by atoms with Crippen LogP contribution >= 0.6 is 0 Å². The Balaban J connectivity index is 2.58. The number of ether oxygens (including phenoxy) is 2. The van der Waals surface area contributed by atoms with Gasteiger partial charge in [-0.2, -0.15) is 0 Å². The van der Waals surface area contributed by atoms with Crippen LogP contribution in [0.15, 0.2) is 18.3 Å². The minimum absolute atomic E-state index is 0.355. The lowest BCUT2D eigenvalue weighted by molar-refractivity contribution is -0.150. The van der Waals surface area contributed by atoms with Crippen molar-refractivity contribution >= 4 is 5.97 Å². The van der Waals surface area contributed by atoms with Crippen LogP contribution < -0.4 is 4.74 Å². The fraction of sp³-hybridized carbons (Fsp3) is 0.455. The lowest BCUT2D eigenvalue weighted by Gasteiger charge is -2.12. The van der Waals surface area contributed by atoms with Crippen LogP contribution in [0.1, 0.15) is 19.4 Å². The normalized spacial score (nSPS) is 11.9. The summed E-state index contributed by atoms with van der Waals surface area (Å²) < 4.78 is 10.1. The van der Waals surface area contributed by atoms with Crippen molar-refractivity contribution < 1.29 is 14.3 Å². The summed E-state index contributed by atoms with van der Waals surface area (Å²) in [5.74, 6) is 0.0661. The molecule has 0 aromatic carbocycles. The van der Waals surface area contributed by atoms with Crippen molar-refractivity contribution in [3.05, 3.63) is 23.9 Å². The number of aryl methyl sites for hydroxylation is 1. The Morgan fingerprint density at radius 1 is 1.60 bits per heavy atom. The Morgan fingerprint density at radius 3 is 2.93 bits per heavy atom. The maximum Gasteiger partial charge on any atom is 0.347 e. The van der Waals surface area contributed by atoms with Crippen molar-refractivity contribution in [2.45, 2.75) is 26.9 Å². The average Bonchev–Trinajstić information content (AvgIpc) is 2.18. The fourth-order valence-corrected chi connectivity index (χ4v) is 1.06. The lowest BCUT2D eigenvalue weighted by atomic mass is 10.3. The molecule has 0 radical (unpaired) electrons. The molecule has 0 amide bonds. The average molecular weight is 209 g/mol. The summed E-state index contributed by atoms with van der Waals surface area (Å²) in [5.41, 5.74) is 1.04. The summed E-state index contributed by atoms with van der Waals surface area (Å²) in [6.07, 6.45) is 1.02. The van der Waals surface area contributed by atoms with Crippen LogP contribution in [-0.2, 0) is 9.53 Å². The second-order valence-corrected chi connectivity index (χ2v) is 3.18. The molecule has 0 fully saturated rings. The molecule has 82 valence electrons. The zero-order valence-corrected chi connectivity index (χ0v) is 9.19. The topological polar surface area (TPSA) is 48.4 Å². The number of carbonyl (C=O) groups is 1. The Labute approximate surface area is 89.2 Å². The first-order valence-corrected chi connectivity index (χ1v) is 4.89. The summed E-state index contributed by atoms with van der Waals surface area (Å²) >= 11 is 0. The zero-order valence-electron chi connectivity index (χ0n) is 9.19. The number of rotatable bonds is 4. The smallest absolute Gasteiger partial charge is 0.347 e. The molecule has 0 bridgehead atoms. The number of carbonyl (C=O) groups excluding carboxylic acids is 1. The van der Waals surface area contributed by atoms with Crippen LogP contribution in [0, 0.1) is 6.92 Å². The van der Waals surface area contributed by atoms with Gasteiger partial charge in [0.2, 0.25) is 5.88 Å². The molecule has 0 spiro atoms. The highest BCUT2D eigenvalue weighted by Gasteiger charge is 2.15. The Kier molecular flexibility index (Phi) is 4.09. The third-order valence-corrected chi connectivity index (χ3v) is 1.81. The first-order chi connectivity index (χ1) is 7.13. The maximum atomic E-state index is 11.3. The molecule has 0 aliphatic heterocycles. The van der Waals surface area contributed by atoms with Gasteiger partial charge in [-0.3, -0.25) is 0 Å². The van der Waals surface area contributed by atoms with Gasteiger partial charge < -0.3 is 9.47 Å². The minimum Gasteiger partial charge on any atom is -0.463 e. The van der Waals surface area contributed by atoms with Gasteiger partial charge in [0.15, 0.2) is 6.10 Å². The van der Waals surface area contributed by atoms with Crippen LogP contribution in [0.5, 0.6) is 5.88 Å². The van der Waals surface area contributed by atoms with Crippen LogP contribution in [0.4, 0.5) is 0 Å². The molecule has 1 aromatic heterocycles. The van der Waals surface area contributed by atoms with Crippen LogP contribution in [0.25, 0.3) is 0 Å². The molecule has 0 unspecified atom stereocenters. The van der Waals surface area contributed by atoms with E-state index in [1.54, 1.807) is 26.1 Å². The summed E-state index contributed by atoms with van der Waals surface area (Å²) in [6, 6.07) is 3.64. The van der Waals surface area contributed by atoms with E-state index >= 15 is 0 Å². The first kappa shape index (κ1) is 11.5. The van der Waals surface area contributed by atoms with Crippen molar-refractivity contribution in [1.29, 1.82) is 0 Å². The highest BCUT2D eigenvalue weighted by atomic mass is 16.6. The SMILES string of the molecule is CCOC(=O)[C@H](C)Oc1cc(C)ccn1. The van der Waals surface area contributed by atoms with E-state index in [-0.39, 0.29) is 5.97 Å². The highest BCUT2D eigenvalue weighted by Crippen LogP contribution is 2.10. The Morgan fingerprint density at radius 2 is 2.33 bits per heavy atom. The van der Waals surface area contributed by atoms with Gasteiger partial charge in [-0.25, -0.2) is 9.78 Å². The summed E-state index contributed by atoms with van der Waals surface area (Å²) in [5, 5.41) is 0. The van der Waals surface area contributed by atoms with Gasteiger partial charge in [0.1, 0.15) is 0 Å². The molecule has 0 aliphatic carbocycles. The van der Waals surface area contributed by atoms with Crippen LogP contribution in [0.3, 0.4) is 0 Å². The predicted octanol–water partition coefficient (Wildman–Crippen LogP) is 1.72. The van der Waals surface area contributed by atoms with E-state index in [0.29, 0.717) is 12.5 Å². The van der Waals surface area contributed by atoms with E-state index in [4.69, 9.17) is 9.47 Å². The van der Waals surface area contributed by atoms with Crippen molar-refractivity contribution in [3.63, 3.8) is 0 Å². The van der Waals surface area contributed by atoms with Crippen molar-refractivity contribution in [3.8, 4) is 5.88 Å². The molecule has 1 rings (SSSR count). The van der Waals surface area contributed by atoms with E-state index in [0.717, 1.165) is 5.56 Å². The van der Waals surface area contributed by atoms with Gasteiger partial charge in [-0.05, 0) is 32.4 Å². The van der Waals surface area contributed by atoms with Crippen LogP contribution in [0.2, 0.25) is 0 Å². The summed E-state index contributed by atoms with van der Waals surface area (Å²) in [7, 11) is 0. The first-order valence-electron chi connectivity index (χ1n) is 4.89. The van der Waals surface area contributed by atoms with E-state index < -0.39 is 6.10 Å². The maximum absolute atomic E-state index is 11.3. The molecular weight excluding hydrogens is 194 g/mol. The molecule has 1 heterocycles. The van der Waals surface area contributed by atoms with Crippen molar-refractivity contribution in [1.82, 2.24) is 4.98 Å². The molecule has 4 nitrogen and oxygen atoms in total. The molecule has 1 aromatic rings. The second kappa shape index (κ2) is 5.34. The summed E-state index contributed by atoms with van der Waals surface area (Å²) in [6.45, 7) is 5.69. The lowest BCUT2D eigenvalue weighted by Crippen LogP contribution is -2.26. The van der Waals surface area contributed by atoms with E-state index in [1.165, 1.54) is 0 Å². The van der Waals surface area contributed by atoms with Gasteiger partial charge >= 0.3 is 5.97 Å². The zero-order chi connectivity index (χ0) is 11.3. The predicted molar refractivity (Wildman–Crippen MR) is 55.7 cm³/mol. The molecule has 0 saturated heterocycles. The number of hydrogen-bond acceptors (Lipinski definition) is 4. The van der Waals surface area contributed by atoms with Crippen molar-refractivity contribution in [2.75, 3.05) is 6.61 Å². The monoisotopic (exact) mass is 209 g/mol. The van der Waals surface area contributed by atoms with Gasteiger partial charge in [-0.15, -0.1) is 0 Å². The molecule has 0 saturated carbocycles. The number of hydrogen-bond donors (Lipinski definition) is 0. The van der Waals surface area contributed by atoms with Crippen LogP contribution in [-0.4, -0.2) is 23.7 Å². The van der Waals surface area contributed by atoms with Gasteiger partial charge in [0.05, 0.1) is 6.61 Å². The number of nitrogens with zero attached hydrogens (tertiary/aromatic N) is 1. The van der Waals surface area contributed by atoms with Gasteiger partial charge in [0.25, 0.3) is 0 Å². The molecular formula is C11H15NO3. The Bertz CT molecular complexity index is 338. The van der Waals surface area contributed by atoms with Crippen molar-refractivity contribution in [2.24, 2.45) is 0 Å². The fourth-order valence-electron chi connectivity index (χ4n) is 1.06. The molecule has 0 N–H and O–H groups in total. The highest BCUT2D eigenvalue weighted by molar-refractivity contribution is 5.74. The third-order valence-electron chi connectivity index (χ3n) is 1.81. The third kappa shape index (κ3) is 3.58. The van der Waals surface area contributed by atoms with E-state index in [1.807, 2.05) is 13.0 Å². The quantitative estimate of drug-likeness (QED) is 0.708. The van der Waals surface area contributed by atoms with E-state index in [9.17, 15) is 4.79 Å². The molecule has 4 heteroatoms. The molecule has 15 heavy (non-hydrogen) atoms. The largest absolute Gasteiger partial charge is 0.463 e. The minimum atomic E-state index is -0.626. The number of aromatic nitrogens is 1. The standard InChI is InChI=1S/C11H15NO3/c1-4-14-11(13)9(3)15-10-7-8(2)5-6-12-10/h5-7,9H,4H2,1-3H3/t9-/m0/s1. The van der Waals surface area contributed by atoms with E-state index in [2.05, 4.69) is 4.98 Å². The second-order valence-electron chi connectivity index (χ2n) is 3.18. The number of esters is 1. The molecule has 0 aliphatic rings.